The molecule has 2 aliphatic heterocycles. The summed E-state index contributed by atoms with van der Waals surface area (Å²) in [7, 11) is 0. The van der Waals surface area contributed by atoms with Crippen LogP contribution in [0, 0.1) is 6.85 Å². The fraction of sp³-hybridized carbons (Fsp3) is 0.299. The summed E-state index contributed by atoms with van der Waals surface area (Å²) in [6, 6.07) is 72.1. The summed E-state index contributed by atoms with van der Waals surface area (Å²) >= 11 is 0. The molecule has 0 amide bonds. The van der Waals surface area contributed by atoms with E-state index in [1.54, 1.807) is 0 Å². The summed E-state index contributed by atoms with van der Waals surface area (Å²) in [5.74, 6) is 0. The van der Waals surface area contributed by atoms with Crippen molar-refractivity contribution < 1.29 is 4.11 Å². The van der Waals surface area contributed by atoms with Crippen molar-refractivity contribution >= 4 is 57.2 Å². The van der Waals surface area contributed by atoms with Crippen molar-refractivity contribution in [2.45, 2.75) is 148 Å². The van der Waals surface area contributed by atoms with Crippen LogP contribution in [0.15, 0.2) is 194 Å². The topological polar surface area (TPSA) is 6.48 Å². The van der Waals surface area contributed by atoms with Crippen LogP contribution >= 0.6 is 0 Å². The number of hydrogen-bond donors (Lipinski definition) is 0. The molecule has 2 nitrogen and oxygen atoms in total. The van der Waals surface area contributed by atoms with Crippen molar-refractivity contribution in [3.63, 3.8) is 0 Å². The van der Waals surface area contributed by atoms with E-state index in [9.17, 15) is 4.11 Å². The van der Waals surface area contributed by atoms with Crippen molar-refractivity contribution in [3.05, 3.63) is 244 Å². The summed E-state index contributed by atoms with van der Waals surface area (Å²) in [6.07, 6.45) is 4.37. The lowest BCUT2D eigenvalue weighted by molar-refractivity contribution is 0.332. The number of benzene rings is 9. The minimum atomic E-state index is -2.43. The Morgan fingerprint density at radius 1 is 0.375 bits per heavy atom. The highest BCUT2D eigenvalue weighted by atomic mass is 15.2. The molecule has 0 saturated carbocycles. The Bertz CT molecular complexity index is 4040. The van der Waals surface area contributed by atoms with Crippen LogP contribution in [0.4, 0.5) is 34.1 Å². The van der Waals surface area contributed by atoms with Crippen LogP contribution < -0.4 is 26.2 Å². The maximum atomic E-state index is 9.46. The third-order valence-corrected chi connectivity index (χ3v) is 20.1. The fourth-order valence-electron chi connectivity index (χ4n) is 14.7. The molecule has 0 radical (unpaired) electrons. The van der Waals surface area contributed by atoms with Crippen LogP contribution in [0.1, 0.15) is 163 Å². The number of anilines is 6. The summed E-state index contributed by atoms with van der Waals surface area (Å²) < 4.78 is 28.4. The quantitative estimate of drug-likeness (QED) is 0.140. The van der Waals surface area contributed by atoms with Crippen molar-refractivity contribution in [1.82, 2.24) is 0 Å². The third kappa shape index (κ3) is 8.18. The van der Waals surface area contributed by atoms with Gasteiger partial charge in [-0.3, -0.25) is 0 Å². The molecule has 0 spiro atoms. The van der Waals surface area contributed by atoms with Gasteiger partial charge >= 0.3 is 0 Å². The van der Waals surface area contributed by atoms with Crippen LogP contribution in [-0.4, -0.2) is 6.71 Å². The van der Waals surface area contributed by atoms with Crippen molar-refractivity contribution in [1.29, 1.82) is 0 Å². The second kappa shape index (κ2) is 18.3. The monoisotopic (exact) mass is 1050 g/mol. The zero-order chi connectivity index (χ0) is 58.4. The van der Waals surface area contributed by atoms with Crippen LogP contribution in [0.25, 0.3) is 22.3 Å². The molecule has 13 rings (SSSR count). The molecular weight excluding hydrogens is 964 g/mol. The number of fused-ring (bicyclic) bond motifs is 6. The standard InChI is InChI=1S/C77H79BN2/c1-50-43-69-71-70(44-50)80(66-37-33-54(76(10,11)52-27-19-15-20-28-52)45-59(66)58-32-24-23-31-57(58)51-25-17-14-18-26-51)67-38-34-55(77(12,13)53-29-21-16-22-30-53)46-64(67)78(71)65-48-62-63(75(8,9)42-41-74(62,6)7)49-68(65)79(69)56-35-36-60-61(47-56)73(4,5)40-39-72(60,2)3/h14-38,43-49H,39-42H2,1-13H3/i1D3. The minimum absolute atomic E-state index is 0.0153. The van der Waals surface area contributed by atoms with E-state index in [0.29, 0.717) is 5.56 Å². The van der Waals surface area contributed by atoms with Gasteiger partial charge in [-0.25, -0.2) is 0 Å². The number of aryl methyl sites for hydroxylation is 1. The Morgan fingerprint density at radius 2 is 0.850 bits per heavy atom. The fourth-order valence-corrected chi connectivity index (χ4v) is 14.7. The lowest BCUT2D eigenvalue weighted by Gasteiger charge is -2.48. The van der Waals surface area contributed by atoms with Crippen molar-refractivity contribution in [2.75, 3.05) is 9.80 Å². The van der Waals surface area contributed by atoms with E-state index in [0.717, 1.165) is 87.5 Å². The predicted octanol–water partition coefficient (Wildman–Crippen LogP) is 18.8. The molecule has 2 aliphatic carbocycles. The van der Waals surface area contributed by atoms with Gasteiger partial charge in [0.05, 0.1) is 5.69 Å². The third-order valence-electron chi connectivity index (χ3n) is 20.1. The van der Waals surface area contributed by atoms with E-state index >= 15 is 0 Å². The largest absolute Gasteiger partial charge is 0.311 e. The van der Waals surface area contributed by atoms with Gasteiger partial charge in [-0.15, -0.1) is 0 Å². The first kappa shape index (κ1) is 48.5. The van der Waals surface area contributed by atoms with E-state index in [1.807, 2.05) is 12.1 Å². The van der Waals surface area contributed by atoms with E-state index in [-0.39, 0.29) is 39.2 Å². The summed E-state index contributed by atoms with van der Waals surface area (Å²) in [5, 5.41) is 0. The van der Waals surface area contributed by atoms with E-state index in [4.69, 9.17) is 0 Å². The molecule has 80 heavy (non-hydrogen) atoms. The zero-order valence-corrected chi connectivity index (χ0v) is 49.3. The first-order chi connectivity index (χ1) is 39.3. The number of rotatable bonds is 8. The van der Waals surface area contributed by atoms with E-state index in [1.165, 1.54) is 55.4 Å². The summed E-state index contributed by atoms with van der Waals surface area (Å²) in [4.78, 5) is 4.95. The van der Waals surface area contributed by atoms with Crippen LogP contribution in [0.5, 0.6) is 0 Å². The molecule has 4 aliphatic rings. The molecule has 9 aromatic carbocycles. The van der Waals surface area contributed by atoms with Gasteiger partial charge in [-0.1, -0.05) is 229 Å². The van der Waals surface area contributed by atoms with E-state index in [2.05, 4.69) is 275 Å². The molecule has 0 unspecified atom stereocenters. The average molecular weight is 1050 g/mol. The van der Waals surface area contributed by atoms with Gasteiger partial charge in [0.2, 0.25) is 0 Å². The normalized spacial score (nSPS) is 17.9. The Kier molecular flexibility index (Phi) is 11.1. The number of hydrogen-bond acceptors (Lipinski definition) is 2. The number of nitrogens with zero attached hydrogens (tertiary/aromatic N) is 2. The van der Waals surface area contributed by atoms with Gasteiger partial charge in [-0.2, -0.15) is 0 Å². The molecule has 0 fully saturated rings. The summed E-state index contributed by atoms with van der Waals surface area (Å²) in [6.45, 7) is 26.0. The highest BCUT2D eigenvalue weighted by Gasteiger charge is 2.48. The maximum absolute atomic E-state index is 9.46. The van der Waals surface area contributed by atoms with Gasteiger partial charge < -0.3 is 9.80 Å². The molecule has 3 heteroatoms. The molecular formula is C77H79BN2. The smallest absolute Gasteiger partial charge is 0.252 e. The SMILES string of the molecule is [2H]C([2H])([2H])c1cc2c3c(c1)N(c1ccc(C(C)(C)c4ccccc4)cc1-c1ccccc1-c1ccccc1)c1ccc(C(C)(C)c4ccccc4)cc1B3c1cc3c(cc1N2c1ccc2c(c1)C(C)(C)CCC2(C)C)C(C)(C)CCC3(C)C. The van der Waals surface area contributed by atoms with Crippen molar-refractivity contribution in [2.24, 2.45) is 0 Å². The second-order valence-electron chi connectivity index (χ2n) is 27.7. The first-order valence-electron chi connectivity index (χ1n) is 31.0. The second-order valence-corrected chi connectivity index (χ2v) is 27.7. The molecule has 0 aromatic heterocycles. The minimum Gasteiger partial charge on any atom is -0.311 e. The highest BCUT2D eigenvalue weighted by molar-refractivity contribution is 7.00. The van der Waals surface area contributed by atoms with Gasteiger partial charge in [0.25, 0.3) is 6.71 Å². The van der Waals surface area contributed by atoms with E-state index < -0.39 is 6.85 Å². The molecule has 0 N–H and O–H groups in total. The Morgan fingerprint density at radius 3 is 1.44 bits per heavy atom. The molecule has 0 bridgehead atoms. The average Bonchev–Trinajstić information content (AvgIpc) is 2.01. The lowest BCUT2D eigenvalue weighted by Crippen LogP contribution is -2.62. The first-order valence-corrected chi connectivity index (χ1v) is 29.5. The predicted molar refractivity (Wildman–Crippen MR) is 344 cm³/mol. The van der Waals surface area contributed by atoms with Gasteiger partial charge in [0.1, 0.15) is 0 Å². The van der Waals surface area contributed by atoms with Gasteiger partial charge in [-0.05, 0) is 186 Å². The van der Waals surface area contributed by atoms with Crippen LogP contribution in [0.3, 0.4) is 0 Å². The van der Waals surface area contributed by atoms with Gasteiger partial charge in [0, 0.05) is 48.9 Å². The zero-order valence-electron chi connectivity index (χ0n) is 52.3. The van der Waals surface area contributed by atoms with Crippen LogP contribution in [0.2, 0.25) is 0 Å². The molecule has 0 saturated heterocycles. The maximum Gasteiger partial charge on any atom is 0.252 e. The lowest BCUT2D eigenvalue weighted by atomic mass is 9.33. The molecule has 400 valence electrons. The molecule has 0 atom stereocenters. The molecule has 2 heterocycles. The van der Waals surface area contributed by atoms with Crippen molar-refractivity contribution in [3.8, 4) is 22.3 Å². The molecule has 9 aromatic rings. The van der Waals surface area contributed by atoms with Crippen LogP contribution in [-0.2, 0) is 32.5 Å². The highest BCUT2D eigenvalue weighted by Crippen LogP contribution is 2.54. The Hall–Kier alpha value is -7.36. The Balaban J connectivity index is 1.18. The Labute approximate surface area is 483 Å². The summed E-state index contributed by atoms with van der Waals surface area (Å²) in [5.41, 5.74) is 23.9. The van der Waals surface area contributed by atoms with Gasteiger partial charge in [0.15, 0.2) is 0 Å².